The Labute approximate surface area is 140 Å². The van der Waals surface area contributed by atoms with E-state index in [1.807, 2.05) is 11.0 Å². The Bertz CT molecular complexity index is 728. The maximum absolute atomic E-state index is 12.5. The molecule has 1 amide bonds. The number of hydrogen-bond acceptors (Lipinski definition) is 4. The third-order valence-corrected chi connectivity index (χ3v) is 5.68. The highest BCUT2D eigenvalue weighted by Crippen LogP contribution is 2.23. The molecule has 2 bridgehead atoms. The smallest absolute Gasteiger partial charge is 0.233 e. The van der Waals surface area contributed by atoms with Crippen LogP contribution >= 0.6 is 11.8 Å². The Morgan fingerprint density at radius 1 is 1.35 bits per heavy atom. The zero-order chi connectivity index (χ0) is 15.8. The van der Waals surface area contributed by atoms with Crippen molar-refractivity contribution in [2.24, 2.45) is 0 Å². The van der Waals surface area contributed by atoms with E-state index >= 15 is 0 Å². The number of aryl methyl sites for hydroxylation is 1. The van der Waals surface area contributed by atoms with E-state index < -0.39 is 0 Å². The molecule has 23 heavy (non-hydrogen) atoms. The molecule has 2 fully saturated rings. The van der Waals surface area contributed by atoms with Crippen LogP contribution in [0.4, 0.5) is 0 Å². The maximum atomic E-state index is 12.5. The van der Waals surface area contributed by atoms with E-state index in [4.69, 9.17) is 0 Å². The third kappa shape index (κ3) is 3.23. The van der Waals surface area contributed by atoms with Gasteiger partial charge in [-0.2, -0.15) is 0 Å². The van der Waals surface area contributed by atoms with Crippen molar-refractivity contribution in [3.63, 3.8) is 0 Å². The summed E-state index contributed by atoms with van der Waals surface area (Å²) < 4.78 is 0. The van der Waals surface area contributed by atoms with Gasteiger partial charge in [-0.05, 0) is 43.9 Å². The normalized spacial score (nSPS) is 24.1. The van der Waals surface area contributed by atoms with E-state index in [2.05, 4.69) is 34.3 Å². The molecule has 5 nitrogen and oxygen atoms in total. The lowest BCUT2D eigenvalue weighted by Crippen LogP contribution is -2.39. The number of nitrogens with one attached hydrogen (secondary N) is 2. The minimum atomic E-state index is 0.223. The first-order valence-corrected chi connectivity index (χ1v) is 9.29. The molecular weight excluding hydrogens is 308 g/mol. The van der Waals surface area contributed by atoms with Crippen molar-refractivity contribution in [2.75, 3.05) is 18.8 Å². The summed E-state index contributed by atoms with van der Waals surface area (Å²) in [4.78, 5) is 22.4. The van der Waals surface area contributed by atoms with E-state index in [-0.39, 0.29) is 5.91 Å². The number of fused-ring (bicyclic) bond motifs is 3. The number of carbonyl (C=O) groups excluding carboxylic acids is 1. The van der Waals surface area contributed by atoms with Crippen molar-refractivity contribution in [1.82, 2.24) is 20.2 Å². The number of benzene rings is 1. The summed E-state index contributed by atoms with van der Waals surface area (Å²) >= 11 is 1.50. The topological polar surface area (TPSA) is 61.0 Å². The third-order valence-electron chi connectivity index (χ3n) is 4.82. The summed E-state index contributed by atoms with van der Waals surface area (Å²) in [7, 11) is 0. The first kappa shape index (κ1) is 15.0. The lowest BCUT2D eigenvalue weighted by atomic mass is 10.1. The number of thioether (sulfide) groups is 1. The van der Waals surface area contributed by atoms with Crippen molar-refractivity contribution in [3.05, 3.63) is 23.8 Å². The number of rotatable bonds is 3. The monoisotopic (exact) mass is 330 g/mol. The van der Waals surface area contributed by atoms with Crippen molar-refractivity contribution >= 4 is 28.7 Å². The second-order valence-corrected chi connectivity index (χ2v) is 7.58. The Hall–Kier alpha value is -1.53. The molecule has 6 heteroatoms. The van der Waals surface area contributed by atoms with Crippen molar-refractivity contribution in [2.45, 2.75) is 43.4 Å². The molecule has 122 valence electrons. The summed E-state index contributed by atoms with van der Waals surface area (Å²) in [6.45, 7) is 3.81. The summed E-state index contributed by atoms with van der Waals surface area (Å²) in [5, 5.41) is 4.44. The highest BCUT2D eigenvalue weighted by molar-refractivity contribution is 7.99. The highest BCUT2D eigenvalue weighted by atomic mass is 32.2. The molecule has 4 rings (SSSR count). The number of likely N-dealkylation sites (tertiary alicyclic amines) is 1. The number of nitrogens with zero attached hydrogens (tertiary/aromatic N) is 2. The van der Waals surface area contributed by atoms with Gasteiger partial charge in [0, 0.05) is 25.2 Å². The van der Waals surface area contributed by atoms with Gasteiger partial charge in [-0.15, -0.1) is 0 Å². The number of carbonyl (C=O) groups is 1. The van der Waals surface area contributed by atoms with Crippen LogP contribution in [-0.4, -0.2) is 51.7 Å². The standard InChI is InChI=1S/C17H22N4OS/c1-11-2-5-14-15(8-11)20-17(19-14)23-10-16(22)21-7-6-12-3-4-13(9-21)18-12/h2,5,8,12-13,18H,3-4,6-7,9-10H2,1H3,(H,19,20)/t12-,13+/m1/s1. The van der Waals surface area contributed by atoms with Crippen LogP contribution in [0.1, 0.15) is 24.8 Å². The lowest BCUT2D eigenvalue weighted by molar-refractivity contribution is -0.128. The van der Waals surface area contributed by atoms with E-state index in [9.17, 15) is 4.79 Å². The second-order valence-electron chi connectivity index (χ2n) is 6.62. The predicted octanol–water partition coefficient (Wildman–Crippen LogP) is 2.32. The first-order valence-electron chi connectivity index (χ1n) is 8.30. The molecule has 0 aliphatic carbocycles. The molecular formula is C17H22N4OS. The van der Waals surface area contributed by atoms with Crippen molar-refractivity contribution < 1.29 is 4.79 Å². The molecule has 0 saturated carbocycles. The molecule has 3 heterocycles. The van der Waals surface area contributed by atoms with Gasteiger partial charge in [0.05, 0.1) is 16.8 Å². The zero-order valence-electron chi connectivity index (χ0n) is 13.3. The fraction of sp³-hybridized carbons (Fsp3) is 0.529. The average molecular weight is 330 g/mol. The second kappa shape index (κ2) is 6.17. The number of aromatic amines is 1. The number of amides is 1. The van der Waals surface area contributed by atoms with Gasteiger partial charge >= 0.3 is 0 Å². The van der Waals surface area contributed by atoms with E-state index in [1.165, 1.54) is 30.2 Å². The molecule has 1 aromatic carbocycles. The van der Waals surface area contributed by atoms with Crippen LogP contribution in [0.3, 0.4) is 0 Å². The van der Waals surface area contributed by atoms with Crippen LogP contribution < -0.4 is 5.32 Å². The molecule has 2 aromatic rings. The fourth-order valence-corrected chi connectivity index (χ4v) is 4.35. The average Bonchev–Trinajstić information content (AvgIpc) is 3.07. The fourth-order valence-electron chi connectivity index (χ4n) is 3.56. The van der Waals surface area contributed by atoms with Crippen LogP contribution in [0.25, 0.3) is 11.0 Å². The van der Waals surface area contributed by atoms with Gasteiger partial charge in [-0.3, -0.25) is 4.79 Å². The number of aromatic nitrogens is 2. The highest BCUT2D eigenvalue weighted by Gasteiger charge is 2.31. The van der Waals surface area contributed by atoms with Gasteiger partial charge in [-0.1, -0.05) is 17.8 Å². The summed E-state index contributed by atoms with van der Waals surface area (Å²) in [6, 6.07) is 7.27. The Kier molecular flexibility index (Phi) is 4.03. The molecule has 0 radical (unpaired) electrons. The largest absolute Gasteiger partial charge is 0.340 e. The van der Waals surface area contributed by atoms with Crippen LogP contribution in [0, 0.1) is 6.92 Å². The number of H-pyrrole nitrogens is 1. The summed E-state index contributed by atoms with van der Waals surface area (Å²) in [6.07, 6.45) is 3.54. The maximum Gasteiger partial charge on any atom is 0.233 e. The number of imidazole rings is 1. The molecule has 1 aromatic heterocycles. The molecule has 0 spiro atoms. The van der Waals surface area contributed by atoms with Crippen LogP contribution in [-0.2, 0) is 4.79 Å². The summed E-state index contributed by atoms with van der Waals surface area (Å²) in [5.41, 5.74) is 3.21. The molecule has 0 unspecified atom stereocenters. The number of hydrogen-bond donors (Lipinski definition) is 2. The van der Waals surface area contributed by atoms with E-state index in [1.54, 1.807) is 0 Å². The molecule has 2 saturated heterocycles. The first-order chi connectivity index (χ1) is 11.2. The van der Waals surface area contributed by atoms with Crippen molar-refractivity contribution in [3.8, 4) is 0 Å². The molecule has 2 N–H and O–H groups in total. The minimum absolute atomic E-state index is 0.223. The SMILES string of the molecule is Cc1ccc2nc(SCC(=O)N3CC[C@H]4CC[C@@H](C3)N4)[nH]c2c1. The Morgan fingerprint density at radius 3 is 3.13 bits per heavy atom. The van der Waals surface area contributed by atoms with Crippen LogP contribution in [0.5, 0.6) is 0 Å². The van der Waals surface area contributed by atoms with E-state index in [0.717, 1.165) is 35.7 Å². The molecule has 2 atom stereocenters. The quantitative estimate of drug-likeness (QED) is 0.848. The zero-order valence-corrected chi connectivity index (χ0v) is 14.2. The lowest BCUT2D eigenvalue weighted by Gasteiger charge is -2.24. The van der Waals surface area contributed by atoms with Crippen LogP contribution in [0.2, 0.25) is 0 Å². The predicted molar refractivity (Wildman–Crippen MR) is 92.7 cm³/mol. The Balaban J connectivity index is 1.38. The van der Waals surface area contributed by atoms with Gasteiger partial charge in [0.1, 0.15) is 0 Å². The van der Waals surface area contributed by atoms with Gasteiger partial charge in [-0.25, -0.2) is 4.98 Å². The van der Waals surface area contributed by atoms with Gasteiger partial charge < -0.3 is 15.2 Å². The van der Waals surface area contributed by atoms with Gasteiger partial charge in [0.15, 0.2) is 5.16 Å². The Morgan fingerprint density at radius 2 is 2.22 bits per heavy atom. The van der Waals surface area contributed by atoms with Gasteiger partial charge in [0.2, 0.25) is 5.91 Å². The van der Waals surface area contributed by atoms with E-state index in [0.29, 0.717) is 17.8 Å². The minimum Gasteiger partial charge on any atom is -0.340 e. The van der Waals surface area contributed by atoms with Crippen LogP contribution in [0.15, 0.2) is 23.4 Å². The van der Waals surface area contributed by atoms with Crippen molar-refractivity contribution in [1.29, 1.82) is 0 Å². The van der Waals surface area contributed by atoms with Gasteiger partial charge in [0.25, 0.3) is 0 Å². The molecule has 2 aliphatic rings. The summed E-state index contributed by atoms with van der Waals surface area (Å²) in [5.74, 6) is 0.678. The molecule has 2 aliphatic heterocycles.